The number of hydrogen-bond donors (Lipinski definition) is 1. The summed E-state index contributed by atoms with van der Waals surface area (Å²) in [4.78, 5) is 25.4. The summed E-state index contributed by atoms with van der Waals surface area (Å²) >= 11 is 2.82. The van der Waals surface area contributed by atoms with Crippen molar-refractivity contribution in [3.63, 3.8) is 0 Å². The monoisotopic (exact) mass is 530 g/mol. The molecule has 2 aromatic rings. The van der Waals surface area contributed by atoms with Crippen molar-refractivity contribution < 1.29 is 22.7 Å². The number of amides is 1. The van der Waals surface area contributed by atoms with Gasteiger partial charge in [0.1, 0.15) is 0 Å². The van der Waals surface area contributed by atoms with Crippen molar-refractivity contribution in [2.75, 3.05) is 26.2 Å². The van der Waals surface area contributed by atoms with Gasteiger partial charge in [0.25, 0.3) is 5.19 Å². The van der Waals surface area contributed by atoms with E-state index in [9.17, 15) is 18.0 Å². The maximum atomic E-state index is 12.4. The number of aromatic nitrogens is 2. The van der Waals surface area contributed by atoms with Crippen LogP contribution >= 0.6 is 22.7 Å². The highest BCUT2D eigenvalue weighted by molar-refractivity contribution is 7.13. The van der Waals surface area contributed by atoms with Gasteiger partial charge in [0.15, 0.2) is 6.61 Å². The largest absolute Gasteiger partial charge is 0.460 e. The summed E-state index contributed by atoms with van der Waals surface area (Å²) in [7, 11) is 0. The Morgan fingerprint density at radius 3 is 2.71 bits per heavy atom. The van der Waals surface area contributed by atoms with Crippen molar-refractivity contribution in [3.05, 3.63) is 26.7 Å². The van der Waals surface area contributed by atoms with E-state index in [4.69, 9.17) is 4.74 Å². The second-order valence-corrected chi connectivity index (χ2v) is 12.1. The molecular weight excluding hydrogens is 497 g/mol. The van der Waals surface area contributed by atoms with Crippen LogP contribution in [0, 0.1) is 12.8 Å². The third-order valence-electron chi connectivity index (χ3n) is 6.79. The SMILES string of the molecule is Cc1ncc(CC(=O)N[C@H]2CC[C@H](CCN3CCc4sc(OCC(F)(F)F)nc4C(C)C3)CC2)s1. The van der Waals surface area contributed by atoms with Crippen LogP contribution in [0.25, 0.3) is 0 Å². The van der Waals surface area contributed by atoms with E-state index in [-0.39, 0.29) is 23.1 Å². The van der Waals surface area contributed by atoms with Crippen LogP contribution in [0.3, 0.4) is 0 Å². The topological polar surface area (TPSA) is 67.4 Å². The van der Waals surface area contributed by atoms with Crippen LogP contribution in [0.5, 0.6) is 5.19 Å². The first-order chi connectivity index (χ1) is 16.6. The predicted octanol–water partition coefficient (Wildman–Crippen LogP) is 5.12. The molecule has 1 aliphatic heterocycles. The van der Waals surface area contributed by atoms with Gasteiger partial charge >= 0.3 is 6.18 Å². The minimum absolute atomic E-state index is 0.0868. The van der Waals surface area contributed by atoms with Crippen LogP contribution in [0.1, 0.15) is 65.4 Å². The first kappa shape index (κ1) is 26.3. The number of fused-ring (bicyclic) bond motifs is 1. The molecule has 35 heavy (non-hydrogen) atoms. The van der Waals surface area contributed by atoms with E-state index in [2.05, 4.69) is 27.1 Å². The molecule has 1 fully saturated rings. The fourth-order valence-electron chi connectivity index (χ4n) is 5.02. The summed E-state index contributed by atoms with van der Waals surface area (Å²) in [6.07, 6.45) is 4.08. The third-order valence-corrected chi connectivity index (χ3v) is 8.75. The van der Waals surface area contributed by atoms with Gasteiger partial charge in [0.2, 0.25) is 5.91 Å². The molecule has 1 aliphatic carbocycles. The Hall–Kier alpha value is -1.72. The third kappa shape index (κ3) is 7.88. The van der Waals surface area contributed by atoms with Crippen molar-refractivity contribution in [2.24, 2.45) is 5.92 Å². The number of alkyl halides is 3. The lowest BCUT2D eigenvalue weighted by Crippen LogP contribution is -2.39. The zero-order chi connectivity index (χ0) is 25.0. The van der Waals surface area contributed by atoms with E-state index in [1.54, 1.807) is 17.5 Å². The fourth-order valence-corrected chi connectivity index (χ4v) is 6.83. The Kier molecular flexibility index (Phi) is 8.70. The lowest BCUT2D eigenvalue weighted by molar-refractivity contribution is -0.153. The van der Waals surface area contributed by atoms with Crippen LogP contribution < -0.4 is 10.1 Å². The maximum absolute atomic E-state index is 12.4. The Balaban J connectivity index is 1.16. The second-order valence-electron chi connectivity index (χ2n) is 9.74. The molecular formula is C24H33F3N4O2S2. The van der Waals surface area contributed by atoms with Crippen molar-refractivity contribution in [2.45, 2.75) is 76.9 Å². The number of thiazole rings is 2. The van der Waals surface area contributed by atoms with Crippen molar-refractivity contribution in [3.8, 4) is 5.19 Å². The molecule has 1 atom stereocenters. The van der Waals surface area contributed by atoms with E-state index >= 15 is 0 Å². The van der Waals surface area contributed by atoms with Crippen molar-refractivity contribution in [1.82, 2.24) is 20.2 Å². The van der Waals surface area contributed by atoms with Crippen LogP contribution in [-0.2, 0) is 17.6 Å². The smallest absolute Gasteiger partial charge is 0.422 e. The van der Waals surface area contributed by atoms with Gasteiger partial charge in [0, 0.05) is 41.0 Å². The number of ether oxygens (including phenoxy) is 1. The highest BCUT2D eigenvalue weighted by atomic mass is 32.1. The molecule has 1 unspecified atom stereocenters. The molecule has 2 aliphatic rings. The van der Waals surface area contributed by atoms with E-state index < -0.39 is 12.8 Å². The maximum Gasteiger partial charge on any atom is 0.422 e. The zero-order valence-electron chi connectivity index (χ0n) is 20.2. The van der Waals surface area contributed by atoms with Gasteiger partial charge in [-0.25, -0.2) is 9.97 Å². The summed E-state index contributed by atoms with van der Waals surface area (Å²) in [6, 6.07) is 0.266. The summed E-state index contributed by atoms with van der Waals surface area (Å²) in [5, 5.41) is 4.31. The number of rotatable bonds is 8. The molecule has 0 bridgehead atoms. The van der Waals surface area contributed by atoms with Gasteiger partial charge < -0.3 is 15.0 Å². The highest BCUT2D eigenvalue weighted by Gasteiger charge is 2.31. The molecule has 2 aromatic heterocycles. The first-order valence-electron chi connectivity index (χ1n) is 12.3. The number of nitrogens with zero attached hydrogens (tertiary/aromatic N) is 3. The van der Waals surface area contributed by atoms with E-state index in [1.165, 1.54) is 11.3 Å². The lowest BCUT2D eigenvalue weighted by Gasteiger charge is -2.31. The standard InChI is InChI=1S/C24H33F3N4O2S2/c1-15-13-31(10-8-20-22(15)30-23(35-20)33-14-24(25,26)27)9-7-17-3-5-18(6-4-17)29-21(32)11-19-12-28-16(2)34-19/h12,15,17-18H,3-11,13-14H2,1-2H3,(H,29,32)/t15?,17-,18-. The number of carbonyl (C=O) groups excluding carboxylic acids is 1. The fraction of sp³-hybridized carbons (Fsp3) is 0.708. The molecule has 6 nitrogen and oxygen atoms in total. The molecule has 194 valence electrons. The molecule has 1 saturated carbocycles. The highest BCUT2D eigenvalue weighted by Crippen LogP contribution is 2.34. The van der Waals surface area contributed by atoms with Crippen LogP contribution in [0.4, 0.5) is 13.2 Å². The minimum Gasteiger partial charge on any atom is -0.460 e. The summed E-state index contributed by atoms with van der Waals surface area (Å²) in [5.74, 6) is 0.921. The normalized spacial score (nSPS) is 23.5. The van der Waals surface area contributed by atoms with Gasteiger partial charge in [-0.2, -0.15) is 13.2 Å². The second kappa shape index (κ2) is 11.6. The molecule has 1 N–H and O–H groups in total. The Labute approximate surface area is 212 Å². The molecule has 4 rings (SSSR count). The van der Waals surface area contributed by atoms with E-state index in [0.717, 1.165) is 78.6 Å². The van der Waals surface area contributed by atoms with E-state index in [0.29, 0.717) is 12.3 Å². The number of halogens is 3. The molecule has 0 aromatic carbocycles. The molecule has 0 radical (unpaired) electrons. The molecule has 1 amide bonds. The Morgan fingerprint density at radius 1 is 1.26 bits per heavy atom. The molecule has 3 heterocycles. The van der Waals surface area contributed by atoms with Crippen LogP contribution in [-0.4, -0.2) is 59.2 Å². The molecule has 0 spiro atoms. The van der Waals surface area contributed by atoms with Crippen LogP contribution in [0.2, 0.25) is 0 Å². The number of aryl methyl sites for hydroxylation is 1. The average molecular weight is 531 g/mol. The average Bonchev–Trinajstić information content (AvgIpc) is 3.36. The summed E-state index contributed by atoms with van der Waals surface area (Å²) in [6.45, 7) is 5.51. The number of nitrogens with one attached hydrogen (secondary N) is 1. The van der Waals surface area contributed by atoms with Gasteiger partial charge in [-0.3, -0.25) is 4.79 Å². The van der Waals surface area contributed by atoms with Gasteiger partial charge in [-0.1, -0.05) is 18.3 Å². The lowest BCUT2D eigenvalue weighted by atomic mass is 9.84. The number of hydrogen-bond acceptors (Lipinski definition) is 7. The van der Waals surface area contributed by atoms with Gasteiger partial charge in [-0.05, 0) is 57.9 Å². The van der Waals surface area contributed by atoms with Gasteiger partial charge in [0.05, 0.1) is 17.1 Å². The van der Waals surface area contributed by atoms with Crippen LogP contribution in [0.15, 0.2) is 6.20 Å². The minimum atomic E-state index is -4.35. The zero-order valence-corrected chi connectivity index (χ0v) is 21.8. The molecule has 0 saturated heterocycles. The Bertz CT molecular complexity index is 986. The summed E-state index contributed by atoms with van der Waals surface area (Å²) < 4.78 is 42.2. The van der Waals surface area contributed by atoms with Crippen molar-refractivity contribution in [1.29, 1.82) is 0 Å². The molecule has 11 heteroatoms. The predicted molar refractivity (Wildman–Crippen MR) is 131 cm³/mol. The van der Waals surface area contributed by atoms with Gasteiger partial charge in [-0.15, -0.1) is 11.3 Å². The van der Waals surface area contributed by atoms with E-state index in [1.807, 2.05) is 6.92 Å². The Morgan fingerprint density at radius 2 is 2.03 bits per heavy atom. The van der Waals surface area contributed by atoms with Crippen molar-refractivity contribution >= 4 is 28.6 Å². The quantitative estimate of drug-likeness (QED) is 0.513. The number of carbonyl (C=O) groups is 1. The first-order valence-corrected chi connectivity index (χ1v) is 13.9. The summed E-state index contributed by atoms with van der Waals surface area (Å²) in [5.41, 5.74) is 0.888.